The molecule has 0 aliphatic carbocycles. The molecule has 5 nitrogen and oxygen atoms in total. The Hall–Kier alpha value is -1.27. The van der Waals surface area contributed by atoms with E-state index < -0.39 is 15.3 Å². The molecule has 0 atom stereocenters. The number of hydrogen-bond donors (Lipinski definition) is 2. The minimum Gasteiger partial charge on any atom is -0.490 e. The van der Waals surface area contributed by atoms with Gasteiger partial charge in [-0.2, -0.15) is 0 Å². The number of hydrogen-bond acceptors (Lipinski definition) is 4. The predicted octanol–water partition coefficient (Wildman–Crippen LogP) is 0.975. The molecule has 6 heteroatoms. The Kier molecular flexibility index (Phi) is 4.77. The van der Waals surface area contributed by atoms with Gasteiger partial charge in [0.15, 0.2) is 0 Å². The van der Waals surface area contributed by atoms with E-state index in [0.29, 0.717) is 11.4 Å². The van der Waals surface area contributed by atoms with Crippen LogP contribution in [0.2, 0.25) is 0 Å². The summed E-state index contributed by atoms with van der Waals surface area (Å²) in [6.45, 7) is 3.73. The second-order valence-electron chi connectivity index (χ2n) is 3.87. The Balaban J connectivity index is 2.38. The van der Waals surface area contributed by atoms with Crippen LogP contribution >= 0.6 is 0 Å². The third kappa shape index (κ3) is 4.24. The van der Waals surface area contributed by atoms with Gasteiger partial charge in [0.25, 0.3) is 0 Å². The fourth-order valence-corrected chi connectivity index (χ4v) is 1.82. The van der Waals surface area contributed by atoms with Gasteiger partial charge in [0.1, 0.15) is 12.4 Å². The van der Waals surface area contributed by atoms with Crippen LogP contribution in [0.1, 0.15) is 13.8 Å². The first-order chi connectivity index (χ1) is 7.93. The summed E-state index contributed by atoms with van der Waals surface area (Å²) in [5, 5.41) is -0.440. The molecule has 0 aliphatic heterocycles. The van der Waals surface area contributed by atoms with Crippen molar-refractivity contribution in [1.82, 2.24) is 4.72 Å². The Bertz CT molecular complexity index is 458. The molecule has 0 fully saturated rings. The predicted molar refractivity (Wildman–Crippen MR) is 68.4 cm³/mol. The van der Waals surface area contributed by atoms with Crippen molar-refractivity contribution in [3.8, 4) is 5.75 Å². The van der Waals surface area contributed by atoms with Gasteiger partial charge in [-0.1, -0.05) is 12.1 Å². The van der Waals surface area contributed by atoms with E-state index in [4.69, 9.17) is 10.5 Å². The van der Waals surface area contributed by atoms with Crippen molar-refractivity contribution in [3.63, 3.8) is 0 Å². The summed E-state index contributed by atoms with van der Waals surface area (Å²) in [6, 6.07) is 7.09. The Morgan fingerprint density at radius 2 is 2.00 bits per heavy atom. The molecule has 0 saturated heterocycles. The molecule has 0 unspecified atom stereocenters. The van der Waals surface area contributed by atoms with Crippen molar-refractivity contribution < 1.29 is 13.2 Å². The van der Waals surface area contributed by atoms with E-state index in [1.807, 2.05) is 12.1 Å². The fourth-order valence-electron chi connectivity index (χ4n) is 1.12. The van der Waals surface area contributed by atoms with E-state index in [2.05, 4.69) is 4.72 Å². The molecular formula is C11H18N2O3S. The van der Waals surface area contributed by atoms with Crippen LogP contribution in [0.3, 0.4) is 0 Å². The average molecular weight is 258 g/mol. The molecule has 0 bridgehead atoms. The lowest BCUT2D eigenvalue weighted by atomic mass is 10.3. The standard InChI is InChI=1S/C11H18N2O3S/c1-9(2)17(14,15)13-7-8-16-11-6-4-3-5-10(11)12/h3-6,9,13H,7-8,12H2,1-2H3. The minimum absolute atomic E-state index is 0.231. The van der Waals surface area contributed by atoms with Crippen LogP contribution in [-0.4, -0.2) is 26.8 Å². The number of nitrogens with one attached hydrogen (secondary N) is 1. The zero-order chi connectivity index (χ0) is 12.9. The van der Waals surface area contributed by atoms with Gasteiger partial charge in [-0.05, 0) is 26.0 Å². The van der Waals surface area contributed by atoms with Gasteiger partial charge in [-0.15, -0.1) is 0 Å². The first-order valence-corrected chi connectivity index (χ1v) is 6.94. The van der Waals surface area contributed by atoms with Crippen molar-refractivity contribution in [2.45, 2.75) is 19.1 Å². The highest BCUT2D eigenvalue weighted by molar-refractivity contribution is 7.90. The van der Waals surface area contributed by atoms with Crippen LogP contribution in [0.5, 0.6) is 5.75 Å². The highest BCUT2D eigenvalue weighted by atomic mass is 32.2. The summed E-state index contributed by atoms with van der Waals surface area (Å²) >= 11 is 0. The molecule has 0 amide bonds. The van der Waals surface area contributed by atoms with E-state index in [9.17, 15) is 8.42 Å². The van der Waals surface area contributed by atoms with Crippen molar-refractivity contribution in [1.29, 1.82) is 0 Å². The molecule has 1 aromatic rings. The molecule has 1 rings (SSSR count). The monoisotopic (exact) mass is 258 g/mol. The maximum Gasteiger partial charge on any atom is 0.214 e. The summed E-state index contributed by atoms with van der Waals surface area (Å²) in [5.74, 6) is 0.566. The van der Waals surface area contributed by atoms with Crippen molar-refractivity contribution in [3.05, 3.63) is 24.3 Å². The Morgan fingerprint density at radius 3 is 2.59 bits per heavy atom. The molecule has 3 N–H and O–H groups in total. The van der Waals surface area contributed by atoms with Gasteiger partial charge in [-0.3, -0.25) is 0 Å². The minimum atomic E-state index is -3.22. The Labute approximate surface area is 102 Å². The van der Waals surface area contributed by atoms with Crippen LogP contribution < -0.4 is 15.2 Å². The third-order valence-electron chi connectivity index (χ3n) is 2.20. The van der Waals surface area contributed by atoms with Gasteiger partial charge < -0.3 is 10.5 Å². The molecule has 0 spiro atoms. The largest absolute Gasteiger partial charge is 0.490 e. The van der Waals surface area contributed by atoms with E-state index in [1.54, 1.807) is 26.0 Å². The van der Waals surface area contributed by atoms with Gasteiger partial charge in [-0.25, -0.2) is 13.1 Å². The van der Waals surface area contributed by atoms with Crippen LogP contribution in [0, 0.1) is 0 Å². The fraction of sp³-hybridized carbons (Fsp3) is 0.455. The number of benzene rings is 1. The van der Waals surface area contributed by atoms with E-state index >= 15 is 0 Å². The van der Waals surface area contributed by atoms with Gasteiger partial charge in [0.2, 0.25) is 10.0 Å². The SMILES string of the molecule is CC(C)S(=O)(=O)NCCOc1ccccc1N. The number of nitrogens with two attached hydrogens (primary N) is 1. The summed E-state index contributed by atoms with van der Waals surface area (Å²) in [4.78, 5) is 0. The summed E-state index contributed by atoms with van der Waals surface area (Å²) in [6.07, 6.45) is 0. The van der Waals surface area contributed by atoms with Crippen LogP contribution in [0.15, 0.2) is 24.3 Å². The highest BCUT2D eigenvalue weighted by Gasteiger charge is 2.14. The molecular weight excluding hydrogens is 240 g/mol. The Morgan fingerprint density at radius 1 is 1.35 bits per heavy atom. The van der Waals surface area contributed by atoms with Crippen molar-refractivity contribution in [2.75, 3.05) is 18.9 Å². The molecule has 1 aromatic carbocycles. The number of rotatable bonds is 6. The number of sulfonamides is 1. The third-order valence-corrected chi connectivity index (χ3v) is 4.05. The summed E-state index contributed by atoms with van der Waals surface area (Å²) < 4.78 is 30.6. The van der Waals surface area contributed by atoms with E-state index in [1.165, 1.54) is 0 Å². The first-order valence-electron chi connectivity index (χ1n) is 5.39. The average Bonchev–Trinajstić information content (AvgIpc) is 2.26. The molecule has 17 heavy (non-hydrogen) atoms. The number of nitrogen functional groups attached to an aromatic ring is 1. The lowest BCUT2D eigenvalue weighted by Crippen LogP contribution is -2.33. The molecule has 96 valence electrons. The first kappa shape index (κ1) is 13.8. The van der Waals surface area contributed by atoms with Gasteiger partial charge in [0.05, 0.1) is 10.9 Å². The maximum atomic E-state index is 11.4. The van der Waals surface area contributed by atoms with Gasteiger partial charge >= 0.3 is 0 Å². The normalized spacial score (nSPS) is 11.7. The number of anilines is 1. The molecule has 0 saturated carbocycles. The second-order valence-corrected chi connectivity index (χ2v) is 6.20. The zero-order valence-electron chi connectivity index (χ0n) is 10.0. The molecule has 0 heterocycles. The maximum absolute atomic E-state index is 11.4. The topological polar surface area (TPSA) is 81.4 Å². The lowest BCUT2D eigenvalue weighted by Gasteiger charge is -2.11. The number of ether oxygens (including phenoxy) is 1. The second kappa shape index (κ2) is 5.88. The molecule has 0 radical (unpaired) electrons. The molecule has 0 aromatic heterocycles. The highest BCUT2D eigenvalue weighted by Crippen LogP contribution is 2.19. The summed E-state index contributed by atoms with van der Waals surface area (Å²) in [7, 11) is -3.22. The van der Waals surface area contributed by atoms with Gasteiger partial charge in [0, 0.05) is 6.54 Å². The lowest BCUT2D eigenvalue weighted by molar-refractivity contribution is 0.324. The van der Waals surface area contributed by atoms with E-state index in [-0.39, 0.29) is 13.2 Å². The van der Waals surface area contributed by atoms with Crippen LogP contribution in [0.25, 0.3) is 0 Å². The molecule has 0 aliphatic rings. The van der Waals surface area contributed by atoms with Crippen LogP contribution in [0.4, 0.5) is 5.69 Å². The van der Waals surface area contributed by atoms with Crippen molar-refractivity contribution >= 4 is 15.7 Å². The van der Waals surface area contributed by atoms with Crippen molar-refractivity contribution in [2.24, 2.45) is 0 Å². The zero-order valence-corrected chi connectivity index (χ0v) is 10.8. The summed E-state index contributed by atoms with van der Waals surface area (Å²) in [5.41, 5.74) is 6.21. The van der Waals surface area contributed by atoms with Crippen LogP contribution in [-0.2, 0) is 10.0 Å². The quantitative estimate of drug-likeness (QED) is 0.588. The van der Waals surface area contributed by atoms with E-state index in [0.717, 1.165) is 0 Å². The smallest absolute Gasteiger partial charge is 0.214 e. The number of para-hydroxylation sites is 2.